The van der Waals surface area contributed by atoms with Crippen LogP contribution in [-0.4, -0.2) is 30.8 Å². The van der Waals surface area contributed by atoms with Gasteiger partial charge in [0.2, 0.25) is 0 Å². The molecule has 5 nitrogen and oxygen atoms in total. The van der Waals surface area contributed by atoms with Crippen LogP contribution in [0.1, 0.15) is 23.5 Å². The van der Waals surface area contributed by atoms with Gasteiger partial charge in [-0.05, 0) is 40.0 Å². The Kier molecular flexibility index (Phi) is 4.31. The third-order valence-electron chi connectivity index (χ3n) is 3.17. The van der Waals surface area contributed by atoms with E-state index in [-0.39, 0.29) is 6.54 Å². The molecule has 104 valence electrons. The molecule has 6 heteroatoms. The summed E-state index contributed by atoms with van der Waals surface area (Å²) >= 11 is 3.41. The van der Waals surface area contributed by atoms with Crippen LogP contribution in [-0.2, 0) is 4.79 Å². The van der Waals surface area contributed by atoms with Gasteiger partial charge >= 0.3 is 5.97 Å². The first kappa shape index (κ1) is 14.1. The normalized spacial score (nSPS) is 15.7. The van der Waals surface area contributed by atoms with Crippen molar-refractivity contribution in [2.75, 3.05) is 19.8 Å². The Hall–Kier alpha value is -1.27. The second-order valence-corrected chi connectivity index (χ2v) is 5.26. The van der Waals surface area contributed by atoms with Crippen LogP contribution < -0.4 is 15.2 Å². The summed E-state index contributed by atoms with van der Waals surface area (Å²) in [6.07, 6.45) is 0.801. The van der Waals surface area contributed by atoms with Gasteiger partial charge in [0.05, 0.1) is 23.6 Å². The molecule has 0 amide bonds. The van der Waals surface area contributed by atoms with Crippen LogP contribution in [0.3, 0.4) is 0 Å². The number of aliphatic carboxylic acids is 1. The van der Waals surface area contributed by atoms with E-state index in [1.165, 1.54) is 0 Å². The summed E-state index contributed by atoms with van der Waals surface area (Å²) in [5.74, 6) is -0.429. The third kappa shape index (κ3) is 2.69. The molecule has 0 aromatic heterocycles. The van der Waals surface area contributed by atoms with E-state index in [2.05, 4.69) is 15.9 Å². The fraction of sp³-hybridized carbons (Fsp3) is 0.462. The molecule has 1 aromatic carbocycles. The number of halogens is 1. The lowest BCUT2D eigenvalue weighted by atomic mass is 9.94. The average Bonchev–Trinajstić information content (AvgIpc) is 2.61. The Labute approximate surface area is 119 Å². The first-order valence-electron chi connectivity index (χ1n) is 6.07. The molecule has 1 atom stereocenters. The summed E-state index contributed by atoms with van der Waals surface area (Å²) in [6.45, 7) is 3.02. The quantitative estimate of drug-likeness (QED) is 0.886. The predicted molar refractivity (Wildman–Crippen MR) is 73.9 cm³/mol. The number of hydrogen-bond donors (Lipinski definition) is 2. The summed E-state index contributed by atoms with van der Waals surface area (Å²) in [7, 11) is 0. The molecule has 1 heterocycles. The zero-order valence-corrected chi connectivity index (χ0v) is 12.2. The molecule has 0 aliphatic carbocycles. The van der Waals surface area contributed by atoms with Crippen LogP contribution in [0.15, 0.2) is 10.5 Å². The fourth-order valence-electron chi connectivity index (χ4n) is 2.16. The molecule has 3 N–H and O–H groups in total. The second kappa shape index (κ2) is 5.79. The molecule has 1 unspecified atom stereocenters. The summed E-state index contributed by atoms with van der Waals surface area (Å²) in [6, 6.07) is 1.76. The van der Waals surface area contributed by atoms with Crippen molar-refractivity contribution in [1.29, 1.82) is 0 Å². The van der Waals surface area contributed by atoms with Gasteiger partial charge in [0.15, 0.2) is 11.5 Å². The number of benzene rings is 1. The minimum absolute atomic E-state index is 0.0439. The zero-order chi connectivity index (χ0) is 14.0. The van der Waals surface area contributed by atoms with Crippen LogP contribution >= 0.6 is 15.9 Å². The van der Waals surface area contributed by atoms with Crippen LogP contribution in [0.5, 0.6) is 11.5 Å². The minimum atomic E-state index is -0.938. The van der Waals surface area contributed by atoms with E-state index in [9.17, 15) is 9.90 Å². The summed E-state index contributed by atoms with van der Waals surface area (Å²) in [5.41, 5.74) is 7.00. The van der Waals surface area contributed by atoms with Gasteiger partial charge < -0.3 is 20.3 Å². The molecular formula is C13H16BrNO4. The Balaban J connectivity index is 2.55. The highest BCUT2D eigenvalue weighted by Gasteiger charge is 2.26. The van der Waals surface area contributed by atoms with Crippen LogP contribution in [0.2, 0.25) is 0 Å². The number of nitrogens with two attached hydrogens (primary N) is 1. The summed E-state index contributed by atoms with van der Waals surface area (Å²) < 4.78 is 12.0. The first-order chi connectivity index (χ1) is 9.06. The van der Waals surface area contributed by atoms with Gasteiger partial charge in [-0.2, -0.15) is 0 Å². The van der Waals surface area contributed by atoms with Crippen LogP contribution in [0.25, 0.3) is 0 Å². The largest absolute Gasteiger partial charge is 0.489 e. The number of carbonyl (C=O) groups is 1. The van der Waals surface area contributed by atoms with Gasteiger partial charge in [-0.15, -0.1) is 0 Å². The number of fused-ring (bicyclic) bond motifs is 1. The van der Waals surface area contributed by atoms with Gasteiger partial charge in [-0.25, -0.2) is 0 Å². The van der Waals surface area contributed by atoms with Crippen molar-refractivity contribution in [3.8, 4) is 11.5 Å². The SMILES string of the molecule is Cc1c(C(CN)C(=O)O)cc(Br)c2c1OCCCO2. The number of ether oxygens (including phenoxy) is 2. The molecule has 1 aliphatic rings. The van der Waals surface area contributed by atoms with Gasteiger partial charge in [-0.1, -0.05) is 0 Å². The molecular weight excluding hydrogens is 314 g/mol. The lowest BCUT2D eigenvalue weighted by molar-refractivity contribution is -0.138. The second-order valence-electron chi connectivity index (χ2n) is 4.41. The number of rotatable bonds is 3. The molecule has 19 heavy (non-hydrogen) atoms. The highest BCUT2D eigenvalue weighted by molar-refractivity contribution is 9.10. The predicted octanol–water partition coefficient (Wildman–Crippen LogP) is 2.05. The molecule has 2 rings (SSSR count). The smallest absolute Gasteiger partial charge is 0.312 e. The van der Waals surface area contributed by atoms with E-state index in [1.54, 1.807) is 6.07 Å². The Morgan fingerprint density at radius 2 is 2.11 bits per heavy atom. The van der Waals surface area contributed by atoms with E-state index >= 15 is 0 Å². The van der Waals surface area contributed by atoms with E-state index in [0.717, 1.165) is 12.0 Å². The van der Waals surface area contributed by atoms with Crippen molar-refractivity contribution in [3.05, 3.63) is 21.7 Å². The van der Waals surface area contributed by atoms with E-state index in [4.69, 9.17) is 15.2 Å². The third-order valence-corrected chi connectivity index (χ3v) is 3.76. The van der Waals surface area contributed by atoms with Crippen molar-refractivity contribution in [2.24, 2.45) is 5.73 Å². The van der Waals surface area contributed by atoms with Gasteiger partial charge in [0, 0.05) is 13.0 Å². The van der Waals surface area contributed by atoms with Crippen molar-refractivity contribution >= 4 is 21.9 Å². The van der Waals surface area contributed by atoms with Gasteiger partial charge in [0.25, 0.3) is 0 Å². The summed E-state index contributed by atoms with van der Waals surface area (Å²) in [4.78, 5) is 11.3. The van der Waals surface area contributed by atoms with E-state index in [0.29, 0.717) is 34.7 Å². The molecule has 0 fully saturated rings. The van der Waals surface area contributed by atoms with Gasteiger partial charge in [0.1, 0.15) is 0 Å². The molecule has 0 spiro atoms. The van der Waals surface area contributed by atoms with E-state index < -0.39 is 11.9 Å². The van der Waals surface area contributed by atoms with E-state index in [1.807, 2.05) is 6.92 Å². The molecule has 0 saturated carbocycles. The summed E-state index contributed by atoms with van der Waals surface area (Å²) in [5, 5.41) is 9.23. The Morgan fingerprint density at radius 3 is 2.68 bits per heavy atom. The maximum Gasteiger partial charge on any atom is 0.312 e. The van der Waals surface area contributed by atoms with Crippen molar-refractivity contribution in [2.45, 2.75) is 19.3 Å². The monoisotopic (exact) mass is 329 g/mol. The molecule has 0 bridgehead atoms. The zero-order valence-electron chi connectivity index (χ0n) is 10.6. The molecule has 0 saturated heterocycles. The average molecular weight is 330 g/mol. The van der Waals surface area contributed by atoms with Gasteiger partial charge in [-0.3, -0.25) is 4.79 Å². The maximum atomic E-state index is 11.3. The molecule has 1 aliphatic heterocycles. The Bertz CT molecular complexity index is 504. The van der Waals surface area contributed by atoms with Crippen molar-refractivity contribution in [1.82, 2.24) is 0 Å². The topological polar surface area (TPSA) is 81.8 Å². The molecule has 1 aromatic rings. The first-order valence-corrected chi connectivity index (χ1v) is 6.87. The number of carboxylic acids is 1. The highest BCUT2D eigenvalue weighted by atomic mass is 79.9. The Morgan fingerprint density at radius 1 is 1.47 bits per heavy atom. The van der Waals surface area contributed by atoms with Crippen LogP contribution in [0, 0.1) is 6.92 Å². The standard InChI is InChI=1S/C13H16BrNO4/c1-7-8(9(6-15)13(16)17)5-10(14)12-11(7)18-3-2-4-19-12/h5,9H,2-4,6,15H2,1H3,(H,16,17). The number of hydrogen-bond acceptors (Lipinski definition) is 4. The van der Waals surface area contributed by atoms with Crippen LogP contribution in [0.4, 0.5) is 0 Å². The number of carboxylic acid groups (broad SMARTS) is 1. The highest BCUT2D eigenvalue weighted by Crippen LogP contribution is 2.43. The van der Waals surface area contributed by atoms with Crippen molar-refractivity contribution < 1.29 is 19.4 Å². The lowest BCUT2D eigenvalue weighted by Gasteiger charge is -2.19. The fourth-order valence-corrected chi connectivity index (χ4v) is 2.70. The molecule has 0 radical (unpaired) electrons. The van der Waals surface area contributed by atoms with Crippen molar-refractivity contribution in [3.63, 3.8) is 0 Å². The minimum Gasteiger partial charge on any atom is -0.489 e. The maximum absolute atomic E-state index is 11.3. The lowest BCUT2D eigenvalue weighted by Crippen LogP contribution is -2.22.